The highest BCUT2D eigenvalue weighted by Gasteiger charge is 2.21. The molecule has 86 valence electrons. The van der Waals surface area contributed by atoms with Crippen molar-refractivity contribution in [2.75, 3.05) is 6.54 Å². The van der Waals surface area contributed by atoms with E-state index in [2.05, 4.69) is 44.2 Å². The van der Waals surface area contributed by atoms with E-state index in [1.165, 1.54) is 11.1 Å². The Morgan fingerprint density at radius 2 is 2.12 bits per heavy atom. The number of benzene rings is 1. The van der Waals surface area contributed by atoms with Gasteiger partial charge in [0.2, 0.25) is 0 Å². The van der Waals surface area contributed by atoms with E-state index < -0.39 is 0 Å². The van der Waals surface area contributed by atoms with E-state index in [4.69, 9.17) is 10.5 Å². The maximum absolute atomic E-state index is 5.87. The van der Waals surface area contributed by atoms with Crippen LogP contribution >= 0.6 is 0 Å². The van der Waals surface area contributed by atoms with E-state index in [1.807, 2.05) is 0 Å². The fourth-order valence-corrected chi connectivity index (χ4v) is 1.89. The largest absolute Gasteiger partial charge is 0.483 e. The van der Waals surface area contributed by atoms with Crippen LogP contribution < -0.4 is 10.5 Å². The predicted octanol–water partition coefficient (Wildman–Crippen LogP) is 2.76. The second-order valence-electron chi connectivity index (χ2n) is 4.80. The molecule has 0 saturated heterocycles. The first-order valence-corrected chi connectivity index (χ1v) is 5.82. The van der Waals surface area contributed by atoms with E-state index >= 15 is 0 Å². The molecule has 2 rings (SSSR count). The fraction of sp³-hybridized carbons (Fsp3) is 0.429. The van der Waals surface area contributed by atoms with Crippen molar-refractivity contribution in [3.63, 3.8) is 0 Å². The number of ether oxygens (including phenoxy) is 1. The third kappa shape index (κ3) is 2.45. The molecule has 0 bridgehead atoms. The number of hydrogen-bond donors (Lipinski definition) is 1. The first-order valence-electron chi connectivity index (χ1n) is 5.82. The molecule has 0 aliphatic carbocycles. The van der Waals surface area contributed by atoms with Crippen LogP contribution in [0.1, 0.15) is 31.4 Å². The predicted molar refractivity (Wildman–Crippen MR) is 67.6 cm³/mol. The molecule has 2 nitrogen and oxygen atoms in total. The highest BCUT2D eigenvalue weighted by Crippen LogP contribution is 2.31. The summed E-state index contributed by atoms with van der Waals surface area (Å²) in [4.78, 5) is 0. The quantitative estimate of drug-likeness (QED) is 0.845. The molecule has 0 saturated carbocycles. The molecule has 2 N–H and O–H groups in total. The Bertz CT molecular complexity index is 407. The van der Waals surface area contributed by atoms with Gasteiger partial charge < -0.3 is 10.5 Å². The van der Waals surface area contributed by atoms with Crippen LogP contribution in [0.5, 0.6) is 5.75 Å². The van der Waals surface area contributed by atoms with Crippen LogP contribution in [0.15, 0.2) is 24.3 Å². The standard InChI is InChI=1S/C14H19NO/c1-14(2)8-7-12-10-11(4-3-9-15)5-6-13(12)16-14/h5-8,10H,3-4,9,15H2,1-2H3. The van der Waals surface area contributed by atoms with Crippen LogP contribution in [-0.4, -0.2) is 12.1 Å². The lowest BCUT2D eigenvalue weighted by Crippen LogP contribution is -2.27. The lowest BCUT2D eigenvalue weighted by Gasteiger charge is -2.28. The van der Waals surface area contributed by atoms with Crippen molar-refractivity contribution in [2.24, 2.45) is 5.73 Å². The number of rotatable bonds is 3. The summed E-state index contributed by atoms with van der Waals surface area (Å²) in [5.74, 6) is 0.976. The summed E-state index contributed by atoms with van der Waals surface area (Å²) in [6, 6.07) is 6.38. The topological polar surface area (TPSA) is 35.2 Å². The fourth-order valence-electron chi connectivity index (χ4n) is 1.89. The summed E-state index contributed by atoms with van der Waals surface area (Å²) < 4.78 is 5.87. The Balaban J connectivity index is 2.21. The molecule has 1 aromatic rings. The van der Waals surface area contributed by atoms with Gasteiger partial charge in [0.15, 0.2) is 0 Å². The normalized spacial score (nSPS) is 16.7. The van der Waals surface area contributed by atoms with Crippen LogP contribution in [0.3, 0.4) is 0 Å². The molecule has 1 aliphatic heterocycles. The van der Waals surface area contributed by atoms with Gasteiger partial charge in [0.25, 0.3) is 0 Å². The van der Waals surface area contributed by atoms with Crippen molar-refractivity contribution >= 4 is 6.08 Å². The molecule has 0 radical (unpaired) electrons. The molecule has 0 spiro atoms. The molecule has 0 aromatic heterocycles. The maximum Gasteiger partial charge on any atom is 0.127 e. The van der Waals surface area contributed by atoms with Gasteiger partial charge in [-0.25, -0.2) is 0 Å². The number of hydrogen-bond acceptors (Lipinski definition) is 2. The molecule has 1 aromatic carbocycles. The first-order chi connectivity index (χ1) is 7.61. The second-order valence-corrected chi connectivity index (χ2v) is 4.80. The summed E-state index contributed by atoms with van der Waals surface area (Å²) >= 11 is 0. The zero-order chi connectivity index (χ0) is 11.6. The van der Waals surface area contributed by atoms with Crippen molar-refractivity contribution in [3.05, 3.63) is 35.4 Å². The Morgan fingerprint density at radius 1 is 1.31 bits per heavy atom. The third-order valence-corrected chi connectivity index (χ3v) is 2.78. The van der Waals surface area contributed by atoms with Crippen molar-refractivity contribution in [3.8, 4) is 5.75 Å². The number of nitrogens with two attached hydrogens (primary N) is 1. The van der Waals surface area contributed by atoms with Crippen LogP contribution in [0, 0.1) is 0 Å². The number of aryl methyl sites for hydroxylation is 1. The van der Waals surface area contributed by atoms with Gasteiger partial charge in [0.1, 0.15) is 11.4 Å². The SMILES string of the molecule is CC1(C)C=Cc2cc(CCCN)ccc2O1. The molecule has 0 amide bonds. The monoisotopic (exact) mass is 217 g/mol. The number of fused-ring (bicyclic) bond motifs is 1. The molecule has 0 atom stereocenters. The molecular formula is C14H19NO. The molecule has 0 unspecified atom stereocenters. The van der Waals surface area contributed by atoms with Gasteiger partial charge in [0.05, 0.1) is 0 Å². The summed E-state index contributed by atoms with van der Waals surface area (Å²) in [5.41, 5.74) is 7.83. The maximum atomic E-state index is 5.87. The molecule has 0 fully saturated rings. The highest BCUT2D eigenvalue weighted by molar-refractivity contribution is 5.61. The van der Waals surface area contributed by atoms with E-state index in [-0.39, 0.29) is 5.60 Å². The third-order valence-electron chi connectivity index (χ3n) is 2.78. The van der Waals surface area contributed by atoms with E-state index in [9.17, 15) is 0 Å². The first kappa shape index (κ1) is 11.2. The van der Waals surface area contributed by atoms with E-state index in [1.54, 1.807) is 0 Å². The van der Waals surface area contributed by atoms with Gasteiger partial charge in [-0.2, -0.15) is 0 Å². The smallest absolute Gasteiger partial charge is 0.127 e. The minimum Gasteiger partial charge on any atom is -0.483 e. The van der Waals surface area contributed by atoms with Gasteiger partial charge in [0, 0.05) is 5.56 Å². The minimum atomic E-state index is -0.189. The van der Waals surface area contributed by atoms with Gasteiger partial charge in [-0.05, 0) is 57.0 Å². The van der Waals surface area contributed by atoms with Crippen LogP contribution in [0.25, 0.3) is 6.08 Å². The Kier molecular flexibility index (Phi) is 3.01. The van der Waals surface area contributed by atoms with Gasteiger partial charge in [-0.3, -0.25) is 0 Å². The van der Waals surface area contributed by atoms with Crippen molar-refractivity contribution in [2.45, 2.75) is 32.3 Å². The Morgan fingerprint density at radius 3 is 2.88 bits per heavy atom. The summed E-state index contributed by atoms with van der Waals surface area (Å²) in [6.45, 7) is 4.88. The summed E-state index contributed by atoms with van der Waals surface area (Å²) in [5, 5.41) is 0. The Hall–Kier alpha value is -1.28. The Labute approximate surface area is 97.1 Å². The van der Waals surface area contributed by atoms with Crippen molar-refractivity contribution in [1.29, 1.82) is 0 Å². The molecule has 1 aliphatic rings. The summed E-state index contributed by atoms with van der Waals surface area (Å²) in [6.07, 6.45) is 6.32. The van der Waals surface area contributed by atoms with Crippen molar-refractivity contribution < 1.29 is 4.74 Å². The lowest BCUT2D eigenvalue weighted by atomic mass is 9.99. The van der Waals surface area contributed by atoms with Crippen LogP contribution in [0.2, 0.25) is 0 Å². The second kappa shape index (κ2) is 4.30. The highest BCUT2D eigenvalue weighted by atomic mass is 16.5. The average Bonchev–Trinajstić information content (AvgIpc) is 2.25. The summed E-state index contributed by atoms with van der Waals surface area (Å²) in [7, 11) is 0. The van der Waals surface area contributed by atoms with Crippen LogP contribution in [0.4, 0.5) is 0 Å². The molecular weight excluding hydrogens is 198 g/mol. The zero-order valence-electron chi connectivity index (χ0n) is 9.99. The van der Waals surface area contributed by atoms with Crippen molar-refractivity contribution in [1.82, 2.24) is 0 Å². The molecule has 2 heteroatoms. The molecule has 16 heavy (non-hydrogen) atoms. The average molecular weight is 217 g/mol. The zero-order valence-corrected chi connectivity index (χ0v) is 9.99. The minimum absolute atomic E-state index is 0.189. The van der Waals surface area contributed by atoms with Gasteiger partial charge in [-0.1, -0.05) is 12.1 Å². The van der Waals surface area contributed by atoms with E-state index in [0.29, 0.717) is 0 Å². The molecule has 1 heterocycles. The van der Waals surface area contributed by atoms with Gasteiger partial charge >= 0.3 is 0 Å². The van der Waals surface area contributed by atoms with Gasteiger partial charge in [-0.15, -0.1) is 0 Å². The lowest BCUT2D eigenvalue weighted by molar-refractivity contribution is 0.159. The van der Waals surface area contributed by atoms with E-state index in [0.717, 1.165) is 25.1 Å². The van der Waals surface area contributed by atoms with Crippen LogP contribution in [-0.2, 0) is 6.42 Å².